The normalized spacial score (nSPS) is 30.8. The fraction of sp³-hybridized carbons (Fsp3) is 0.759. The second kappa shape index (κ2) is 12.1. The van der Waals surface area contributed by atoms with Gasteiger partial charge in [0.05, 0.1) is 30.1 Å². The van der Waals surface area contributed by atoms with E-state index in [1.54, 1.807) is 28.9 Å². The van der Waals surface area contributed by atoms with Gasteiger partial charge in [-0.25, -0.2) is 0 Å². The van der Waals surface area contributed by atoms with E-state index in [4.69, 9.17) is 4.74 Å². The Morgan fingerprint density at radius 3 is 2.27 bits per heavy atom. The lowest BCUT2D eigenvalue weighted by Crippen LogP contribution is -2.58. The standard InChI is InChI=1S/C29H47N3O5/c1-7-12-13-19-31(18-10-4)27(36)24-29-15-14-28(11-5,37-29)22(25(34)30(16-8-2)17-9-3)23(29)26(35)32(24)21(6)20-33/h8,10,21-24,33H,2,4,7,9,11-20H2,1,3,5-6H3/t21-,22-,23+,24?,28+,29?/m1/s1. The van der Waals surface area contributed by atoms with Gasteiger partial charge in [0, 0.05) is 26.2 Å². The first-order valence-corrected chi connectivity index (χ1v) is 14.2. The summed E-state index contributed by atoms with van der Waals surface area (Å²) < 4.78 is 6.85. The second-order valence-electron chi connectivity index (χ2n) is 11.0. The number of carbonyl (C=O) groups is 3. The van der Waals surface area contributed by atoms with Crippen molar-refractivity contribution in [3.05, 3.63) is 25.3 Å². The smallest absolute Gasteiger partial charge is 0.248 e. The lowest BCUT2D eigenvalue weighted by atomic mass is 9.64. The number of carbonyl (C=O) groups excluding carboxylic acids is 3. The molecule has 37 heavy (non-hydrogen) atoms. The first kappa shape index (κ1) is 29.4. The van der Waals surface area contributed by atoms with Crippen molar-refractivity contribution in [3.8, 4) is 0 Å². The summed E-state index contributed by atoms with van der Waals surface area (Å²) in [7, 11) is 0. The minimum Gasteiger partial charge on any atom is -0.394 e. The fourth-order valence-electron chi connectivity index (χ4n) is 6.96. The number of hydrogen-bond donors (Lipinski definition) is 1. The van der Waals surface area contributed by atoms with Gasteiger partial charge in [-0.15, -0.1) is 13.2 Å². The van der Waals surface area contributed by atoms with Crippen molar-refractivity contribution < 1.29 is 24.2 Å². The maximum Gasteiger partial charge on any atom is 0.248 e. The molecule has 0 radical (unpaired) electrons. The van der Waals surface area contributed by atoms with E-state index >= 15 is 0 Å². The van der Waals surface area contributed by atoms with Crippen molar-refractivity contribution in [1.29, 1.82) is 0 Å². The zero-order chi connectivity index (χ0) is 27.4. The van der Waals surface area contributed by atoms with E-state index in [1.165, 1.54) is 4.90 Å². The third kappa shape index (κ3) is 4.87. The van der Waals surface area contributed by atoms with Crippen LogP contribution in [0.1, 0.15) is 72.6 Å². The summed E-state index contributed by atoms with van der Waals surface area (Å²) in [6, 6.07) is -1.45. The van der Waals surface area contributed by atoms with Crippen LogP contribution in [0.25, 0.3) is 0 Å². The summed E-state index contributed by atoms with van der Waals surface area (Å²) >= 11 is 0. The lowest BCUT2D eigenvalue weighted by Gasteiger charge is -2.38. The molecule has 6 atom stereocenters. The molecule has 1 N–H and O–H groups in total. The van der Waals surface area contributed by atoms with Crippen LogP contribution in [0.5, 0.6) is 0 Å². The molecular weight excluding hydrogens is 470 g/mol. The molecule has 0 aromatic heterocycles. The summed E-state index contributed by atoms with van der Waals surface area (Å²) in [4.78, 5) is 47.6. The Labute approximate surface area is 222 Å². The van der Waals surface area contributed by atoms with Crippen LogP contribution in [0.3, 0.4) is 0 Å². The molecule has 0 aromatic rings. The highest BCUT2D eigenvalue weighted by Gasteiger charge is 2.79. The molecule has 208 valence electrons. The van der Waals surface area contributed by atoms with E-state index in [-0.39, 0.29) is 24.3 Å². The molecule has 0 aliphatic carbocycles. The van der Waals surface area contributed by atoms with E-state index in [1.807, 2.05) is 13.8 Å². The van der Waals surface area contributed by atoms with Gasteiger partial charge in [0.25, 0.3) is 0 Å². The second-order valence-corrected chi connectivity index (χ2v) is 11.0. The number of amides is 3. The Hall–Kier alpha value is -2.19. The lowest BCUT2D eigenvalue weighted by molar-refractivity contribution is -0.157. The minimum absolute atomic E-state index is 0.0980. The SMILES string of the molecule is C=CCN(CCCCC)C(=O)C1N([C@H](C)CO)C(=O)[C@@H]2[C@H](C(=O)N(CC=C)CCC)[C@]3(CC)CCC12O3. The van der Waals surface area contributed by atoms with Crippen molar-refractivity contribution in [1.82, 2.24) is 14.7 Å². The molecule has 3 aliphatic rings. The molecule has 3 aliphatic heterocycles. The van der Waals surface area contributed by atoms with Crippen LogP contribution < -0.4 is 0 Å². The highest BCUT2D eigenvalue weighted by Crippen LogP contribution is 2.65. The Morgan fingerprint density at radius 2 is 1.73 bits per heavy atom. The zero-order valence-electron chi connectivity index (χ0n) is 23.3. The van der Waals surface area contributed by atoms with Gasteiger partial charge in [0.1, 0.15) is 11.6 Å². The summed E-state index contributed by atoms with van der Waals surface area (Å²) in [5.74, 6) is -1.94. The summed E-state index contributed by atoms with van der Waals surface area (Å²) in [5, 5.41) is 10.1. The average molecular weight is 518 g/mol. The molecule has 0 saturated carbocycles. The monoisotopic (exact) mass is 517 g/mol. The molecule has 1 spiro atoms. The largest absolute Gasteiger partial charge is 0.394 e. The van der Waals surface area contributed by atoms with E-state index in [0.29, 0.717) is 45.4 Å². The molecule has 3 amide bonds. The molecule has 0 aromatic carbocycles. The van der Waals surface area contributed by atoms with Gasteiger partial charge in [-0.05, 0) is 39.0 Å². The minimum atomic E-state index is -1.08. The van der Waals surface area contributed by atoms with Gasteiger partial charge in [0.2, 0.25) is 17.7 Å². The predicted molar refractivity (Wildman–Crippen MR) is 144 cm³/mol. The number of likely N-dealkylation sites (tertiary alicyclic amines) is 1. The van der Waals surface area contributed by atoms with Gasteiger partial charge in [-0.1, -0.05) is 45.8 Å². The number of nitrogens with zero attached hydrogens (tertiary/aromatic N) is 3. The molecule has 2 unspecified atom stereocenters. The number of ether oxygens (including phenoxy) is 1. The Kier molecular flexibility index (Phi) is 9.62. The summed E-state index contributed by atoms with van der Waals surface area (Å²) in [5.41, 5.74) is -1.85. The van der Waals surface area contributed by atoms with E-state index in [2.05, 4.69) is 20.1 Å². The van der Waals surface area contributed by atoms with Crippen molar-refractivity contribution in [2.75, 3.05) is 32.8 Å². The Bertz CT molecular complexity index is 878. The molecule has 3 heterocycles. The van der Waals surface area contributed by atoms with E-state index < -0.39 is 35.1 Å². The highest BCUT2D eigenvalue weighted by molar-refractivity contribution is 5.99. The maximum absolute atomic E-state index is 14.3. The van der Waals surface area contributed by atoms with Crippen LogP contribution in [0.15, 0.2) is 25.3 Å². The first-order valence-electron chi connectivity index (χ1n) is 14.2. The quantitative estimate of drug-likeness (QED) is 0.266. The van der Waals surface area contributed by atoms with Crippen molar-refractivity contribution >= 4 is 17.7 Å². The van der Waals surface area contributed by atoms with Gasteiger partial charge in [-0.3, -0.25) is 14.4 Å². The topological polar surface area (TPSA) is 90.4 Å². The summed E-state index contributed by atoms with van der Waals surface area (Å²) in [6.45, 7) is 17.2. The fourth-order valence-corrected chi connectivity index (χ4v) is 6.96. The molecule has 3 fully saturated rings. The predicted octanol–water partition coefficient (Wildman–Crippen LogP) is 3.15. The summed E-state index contributed by atoms with van der Waals surface area (Å²) in [6.07, 6.45) is 8.85. The number of rotatable bonds is 15. The number of aliphatic hydroxyl groups is 1. The molecular formula is C29H47N3O5. The van der Waals surface area contributed by atoms with E-state index in [0.717, 1.165) is 25.7 Å². The van der Waals surface area contributed by atoms with Crippen molar-refractivity contribution in [3.63, 3.8) is 0 Å². The van der Waals surface area contributed by atoms with Gasteiger partial charge in [0.15, 0.2) is 0 Å². The van der Waals surface area contributed by atoms with Gasteiger partial charge in [-0.2, -0.15) is 0 Å². The number of aliphatic hydroxyl groups excluding tert-OH is 1. The molecule has 3 rings (SSSR count). The van der Waals surface area contributed by atoms with Crippen molar-refractivity contribution in [2.45, 2.75) is 95.9 Å². The van der Waals surface area contributed by atoms with Crippen LogP contribution >= 0.6 is 0 Å². The van der Waals surface area contributed by atoms with Gasteiger partial charge >= 0.3 is 0 Å². The number of hydrogen-bond acceptors (Lipinski definition) is 5. The third-order valence-corrected chi connectivity index (χ3v) is 8.71. The highest BCUT2D eigenvalue weighted by atomic mass is 16.5. The molecule has 8 nitrogen and oxygen atoms in total. The maximum atomic E-state index is 14.3. The van der Waals surface area contributed by atoms with Crippen molar-refractivity contribution in [2.24, 2.45) is 11.8 Å². The zero-order valence-corrected chi connectivity index (χ0v) is 23.3. The van der Waals surface area contributed by atoms with Crippen LogP contribution in [-0.2, 0) is 19.1 Å². The Balaban J connectivity index is 2.09. The molecule has 2 bridgehead atoms. The van der Waals surface area contributed by atoms with E-state index in [9.17, 15) is 19.5 Å². The third-order valence-electron chi connectivity index (χ3n) is 8.71. The molecule has 3 saturated heterocycles. The van der Waals surface area contributed by atoms with Crippen LogP contribution in [0, 0.1) is 11.8 Å². The first-order chi connectivity index (χ1) is 17.7. The van der Waals surface area contributed by atoms with Crippen LogP contribution in [0.2, 0.25) is 0 Å². The van der Waals surface area contributed by atoms with Gasteiger partial charge < -0.3 is 24.5 Å². The average Bonchev–Trinajstić information content (AvgIpc) is 3.50. The van der Waals surface area contributed by atoms with Crippen LogP contribution in [0.4, 0.5) is 0 Å². The number of fused-ring (bicyclic) bond motifs is 1. The number of unbranched alkanes of at least 4 members (excludes halogenated alkanes) is 2. The Morgan fingerprint density at radius 1 is 1.08 bits per heavy atom. The molecule has 8 heteroatoms. The van der Waals surface area contributed by atoms with Crippen LogP contribution in [-0.4, -0.2) is 93.6 Å².